The number of halogens is 2. The molecule has 0 spiro atoms. The number of hydrogen-bond acceptors (Lipinski definition) is 2. The highest BCUT2D eigenvalue weighted by molar-refractivity contribution is 5.82. The standard InChI is InChI=1S/C11H18F2N2O3/c1-7(2)5-15(3)6-8(10(16)17)14(11(15)18)4-9(12)13/h7-9H,4-6H2,1-3H3/p+1. The van der Waals surface area contributed by atoms with Crippen molar-refractivity contribution in [3.63, 3.8) is 0 Å². The second kappa shape index (κ2) is 5.17. The normalized spacial score (nSPS) is 28.5. The molecule has 0 bridgehead atoms. The average molecular weight is 265 g/mol. The number of quaternary nitrogens is 1. The number of alkyl halides is 2. The maximum absolute atomic E-state index is 12.4. The molecule has 0 aromatic rings. The Hall–Kier alpha value is -1.24. The lowest BCUT2D eigenvalue weighted by Gasteiger charge is -2.27. The van der Waals surface area contributed by atoms with Crippen LogP contribution in [0.4, 0.5) is 13.6 Å². The highest BCUT2D eigenvalue weighted by atomic mass is 19.3. The van der Waals surface area contributed by atoms with Gasteiger partial charge in [-0.25, -0.2) is 22.9 Å². The van der Waals surface area contributed by atoms with Gasteiger partial charge in [-0.2, -0.15) is 0 Å². The highest BCUT2D eigenvalue weighted by Crippen LogP contribution is 2.25. The van der Waals surface area contributed by atoms with Crippen LogP contribution in [0, 0.1) is 5.92 Å². The smallest absolute Gasteiger partial charge is 0.420 e. The first-order valence-electron chi connectivity index (χ1n) is 5.84. The molecule has 0 aromatic heterocycles. The van der Waals surface area contributed by atoms with Gasteiger partial charge in [0, 0.05) is 5.92 Å². The fourth-order valence-corrected chi connectivity index (χ4v) is 2.53. The van der Waals surface area contributed by atoms with Crippen LogP contribution in [0.25, 0.3) is 0 Å². The van der Waals surface area contributed by atoms with Crippen molar-refractivity contribution in [1.82, 2.24) is 4.90 Å². The zero-order valence-corrected chi connectivity index (χ0v) is 10.8. The molecule has 0 aliphatic carbocycles. The fraction of sp³-hybridized carbons (Fsp3) is 0.818. The number of likely N-dealkylation sites (N-methyl/N-ethyl adjacent to an activating group) is 1. The van der Waals surface area contributed by atoms with Crippen LogP contribution in [0.1, 0.15) is 13.8 Å². The number of urea groups is 1. The molecule has 1 N–H and O–H groups in total. The molecular formula is C11H19F2N2O3+. The van der Waals surface area contributed by atoms with E-state index in [4.69, 9.17) is 5.11 Å². The molecule has 1 aliphatic heterocycles. The summed E-state index contributed by atoms with van der Waals surface area (Å²) >= 11 is 0. The highest BCUT2D eigenvalue weighted by Gasteiger charge is 2.53. The lowest BCUT2D eigenvalue weighted by molar-refractivity contribution is -0.825. The summed E-state index contributed by atoms with van der Waals surface area (Å²) in [5.41, 5.74) is 0. The predicted octanol–water partition coefficient (Wildman–Crippen LogP) is 1.24. The van der Waals surface area contributed by atoms with Gasteiger partial charge in [0.15, 0.2) is 6.04 Å². The summed E-state index contributed by atoms with van der Waals surface area (Å²) in [5, 5.41) is 9.03. The number of hydrogen-bond donors (Lipinski definition) is 1. The summed E-state index contributed by atoms with van der Waals surface area (Å²) in [5.74, 6) is -1.05. The zero-order chi connectivity index (χ0) is 14.1. The third-order valence-corrected chi connectivity index (χ3v) is 3.05. The second-order valence-electron chi connectivity index (χ2n) is 5.33. The minimum Gasteiger partial charge on any atom is -0.480 e. The Morgan fingerprint density at radius 2 is 2.11 bits per heavy atom. The monoisotopic (exact) mass is 265 g/mol. The number of carboxylic acid groups (broad SMARTS) is 1. The van der Waals surface area contributed by atoms with Crippen LogP contribution in [0.15, 0.2) is 0 Å². The Morgan fingerprint density at radius 1 is 1.56 bits per heavy atom. The van der Waals surface area contributed by atoms with E-state index in [-0.39, 0.29) is 16.9 Å². The summed E-state index contributed by atoms with van der Waals surface area (Å²) in [6, 6.07) is -1.69. The molecule has 18 heavy (non-hydrogen) atoms. The van der Waals surface area contributed by atoms with E-state index in [0.717, 1.165) is 4.90 Å². The number of aliphatic carboxylic acids is 1. The van der Waals surface area contributed by atoms with Crippen molar-refractivity contribution in [3.8, 4) is 0 Å². The third-order valence-electron chi connectivity index (χ3n) is 3.05. The van der Waals surface area contributed by atoms with Crippen LogP contribution < -0.4 is 0 Å². The topological polar surface area (TPSA) is 57.6 Å². The van der Waals surface area contributed by atoms with Gasteiger partial charge in [-0.15, -0.1) is 0 Å². The van der Waals surface area contributed by atoms with Gasteiger partial charge < -0.3 is 5.11 Å². The Bertz CT molecular complexity index is 349. The minimum atomic E-state index is -2.72. The number of carbonyl (C=O) groups is 2. The predicted molar refractivity (Wildman–Crippen MR) is 60.3 cm³/mol. The van der Waals surface area contributed by atoms with Crippen molar-refractivity contribution < 1.29 is 28.0 Å². The molecular weight excluding hydrogens is 246 g/mol. The Kier molecular flexibility index (Phi) is 4.26. The molecule has 2 amide bonds. The van der Waals surface area contributed by atoms with E-state index < -0.39 is 31.0 Å². The third kappa shape index (κ3) is 2.95. The molecule has 1 aliphatic rings. The van der Waals surface area contributed by atoms with Crippen LogP contribution in [-0.4, -0.2) is 65.6 Å². The van der Waals surface area contributed by atoms with Gasteiger partial charge in [0.25, 0.3) is 6.43 Å². The Morgan fingerprint density at radius 3 is 2.50 bits per heavy atom. The molecule has 7 heteroatoms. The molecule has 1 saturated heterocycles. The summed E-state index contributed by atoms with van der Waals surface area (Å²) < 4.78 is 24.7. The molecule has 0 saturated carbocycles. The van der Waals surface area contributed by atoms with E-state index in [2.05, 4.69) is 0 Å². The quantitative estimate of drug-likeness (QED) is 0.761. The fourth-order valence-electron chi connectivity index (χ4n) is 2.53. The van der Waals surface area contributed by atoms with Crippen LogP contribution in [0.5, 0.6) is 0 Å². The van der Waals surface area contributed by atoms with Crippen molar-refractivity contribution >= 4 is 12.0 Å². The number of carboxylic acids is 1. The summed E-state index contributed by atoms with van der Waals surface area (Å²) in [7, 11) is 1.60. The summed E-state index contributed by atoms with van der Waals surface area (Å²) in [6.45, 7) is 3.48. The van der Waals surface area contributed by atoms with Crippen LogP contribution >= 0.6 is 0 Å². The van der Waals surface area contributed by atoms with Gasteiger partial charge in [0.2, 0.25) is 0 Å². The van der Waals surface area contributed by atoms with E-state index in [0.29, 0.717) is 6.54 Å². The zero-order valence-electron chi connectivity index (χ0n) is 10.8. The van der Waals surface area contributed by atoms with Crippen molar-refractivity contribution in [2.75, 3.05) is 26.7 Å². The largest absolute Gasteiger partial charge is 0.480 e. The maximum Gasteiger partial charge on any atom is 0.420 e. The first kappa shape index (κ1) is 14.8. The molecule has 2 unspecified atom stereocenters. The number of rotatable bonds is 5. The van der Waals surface area contributed by atoms with Gasteiger partial charge in [0.05, 0.1) is 20.1 Å². The maximum atomic E-state index is 12.4. The molecule has 1 rings (SSSR count). The lowest BCUT2D eigenvalue weighted by Crippen LogP contribution is -2.50. The van der Waals surface area contributed by atoms with E-state index in [1.54, 1.807) is 7.05 Å². The van der Waals surface area contributed by atoms with Crippen molar-refractivity contribution in [2.45, 2.75) is 26.3 Å². The molecule has 1 fully saturated rings. The Balaban J connectivity index is 2.95. The summed E-state index contributed by atoms with van der Waals surface area (Å²) in [4.78, 5) is 24.0. The number of amides is 2. The van der Waals surface area contributed by atoms with Gasteiger partial charge >= 0.3 is 12.0 Å². The van der Waals surface area contributed by atoms with Gasteiger partial charge in [-0.3, -0.25) is 4.90 Å². The number of carbonyl (C=O) groups excluding carboxylic acids is 1. The van der Waals surface area contributed by atoms with Crippen molar-refractivity contribution in [2.24, 2.45) is 5.92 Å². The van der Waals surface area contributed by atoms with E-state index in [1.807, 2.05) is 13.8 Å². The first-order valence-corrected chi connectivity index (χ1v) is 5.84. The Labute approximate surface area is 105 Å². The van der Waals surface area contributed by atoms with Crippen molar-refractivity contribution in [3.05, 3.63) is 0 Å². The average Bonchev–Trinajstić information content (AvgIpc) is 2.41. The number of nitrogens with zero attached hydrogens (tertiary/aromatic N) is 2. The SMILES string of the molecule is CC(C)C[N+]1(C)CC(C(=O)O)N(CC(F)F)C1=O. The molecule has 5 nitrogen and oxygen atoms in total. The van der Waals surface area contributed by atoms with E-state index in [9.17, 15) is 18.4 Å². The molecule has 0 aromatic carbocycles. The molecule has 2 atom stereocenters. The lowest BCUT2D eigenvalue weighted by atomic mass is 10.2. The first-order chi connectivity index (χ1) is 8.17. The van der Waals surface area contributed by atoms with E-state index >= 15 is 0 Å². The van der Waals surface area contributed by atoms with E-state index in [1.165, 1.54) is 0 Å². The van der Waals surface area contributed by atoms with Gasteiger partial charge in [0.1, 0.15) is 6.54 Å². The van der Waals surface area contributed by atoms with Gasteiger partial charge in [-0.05, 0) is 0 Å². The molecule has 1 heterocycles. The minimum absolute atomic E-state index is 0.0407. The molecule has 104 valence electrons. The van der Waals surface area contributed by atoms with Crippen LogP contribution in [-0.2, 0) is 4.79 Å². The van der Waals surface area contributed by atoms with Crippen molar-refractivity contribution in [1.29, 1.82) is 0 Å². The van der Waals surface area contributed by atoms with Crippen LogP contribution in [0.2, 0.25) is 0 Å². The summed E-state index contributed by atoms with van der Waals surface area (Å²) in [6.07, 6.45) is -2.72. The molecule has 0 radical (unpaired) electrons. The van der Waals surface area contributed by atoms with Crippen LogP contribution in [0.3, 0.4) is 0 Å². The second-order valence-corrected chi connectivity index (χ2v) is 5.33. The van der Waals surface area contributed by atoms with Gasteiger partial charge in [-0.1, -0.05) is 13.8 Å².